The molecule has 0 spiro atoms. The number of H-pyrrole nitrogens is 1. The van der Waals surface area contributed by atoms with E-state index in [2.05, 4.69) is 20.4 Å². The fourth-order valence-electron chi connectivity index (χ4n) is 2.49. The van der Waals surface area contributed by atoms with Crippen molar-refractivity contribution in [3.05, 3.63) is 59.9 Å². The Bertz CT molecular complexity index is 842. The minimum atomic E-state index is -0.164. The Balaban J connectivity index is 1.76. The summed E-state index contributed by atoms with van der Waals surface area (Å²) in [5.41, 5.74) is 3.46. The smallest absolute Gasteiger partial charge is 0.273 e. The molecule has 2 aromatic heterocycles. The third-order valence-corrected chi connectivity index (χ3v) is 3.85. The van der Waals surface area contributed by atoms with Crippen molar-refractivity contribution in [3.63, 3.8) is 0 Å². The summed E-state index contributed by atoms with van der Waals surface area (Å²) < 4.78 is 0. The summed E-state index contributed by atoms with van der Waals surface area (Å²) in [5, 5.41) is 15.4. The van der Waals surface area contributed by atoms with E-state index in [0.29, 0.717) is 18.1 Å². The van der Waals surface area contributed by atoms with Gasteiger partial charge in [0, 0.05) is 33.3 Å². The monoisotopic (exact) mass is 336 g/mol. The predicted molar refractivity (Wildman–Crippen MR) is 96.2 cm³/mol. The molecule has 0 bridgehead atoms. The van der Waals surface area contributed by atoms with E-state index in [1.165, 1.54) is 4.90 Å². The molecule has 1 amide bonds. The largest absolute Gasteiger partial charge is 0.354 e. The van der Waals surface area contributed by atoms with Crippen LogP contribution in [0, 0.1) is 0 Å². The van der Waals surface area contributed by atoms with Gasteiger partial charge in [-0.1, -0.05) is 30.3 Å². The average Bonchev–Trinajstić information content (AvgIpc) is 3.10. The topological polar surface area (TPSA) is 78.0 Å². The number of hydrogen-bond donors (Lipinski definition) is 1. The van der Waals surface area contributed by atoms with Crippen LogP contribution in [0.5, 0.6) is 0 Å². The van der Waals surface area contributed by atoms with Crippen LogP contribution in [0.2, 0.25) is 0 Å². The maximum atomic E-state index is 11.9. The molecule has 7 heteroatoms. The average molecular weight is 336 g/mol. The molecule has 0 aliphatic rings. The summed E-state index contributed by atoms with van der Waals surface area (Å²) in [4.78, 5) is 15.3. The molecule has 3 aromatic rings. The number of carbonyl (C=O) groups is 1. The second kappa shape index (κ2) is 7.12. The van der Waals surface area contributed by atoms with E-state index < -0.39 is 0 Å². The number of aromatic nitrogens is 4. The Labute approximate surface area is 146 Å². The number of carbonyl (C=O) groups excluding carboxylic acids is 1. The number of rotatable bonds is 5. The Morgan fingerprint density at radius 3 is 2.44 bits per heavy atom. The lowest BCUT2D eigenvalue weighted by atomic mass is 10.1. The van der Waals surface area contributed by atoms with E-state index in [-0.39, 0.29) is 5.91 Å². The first-order chi connectivity index (χ1) is 12.1. The van der Waals surface area contributed by atoms with Crippen molar-refractivity contribution >= 4 is 11.7 Å². The maximum absolute atomic E-state index is 11.9. The van der Waals surface area contributed by atoms with Crippen LogP contribution in [0.3, 0.4) is 0 Å². The van der Waals surface area contributed by atoms with Crippen LogP contribution in [-0.4, -0.2) is 52.3 Å². The van der Waals surface area contributed by atoms with Gasteiger partial charge in [0.1, 0.15) is 0 Å². The van der Waals surface area contributed by atoms with Crippen molar-refractivity contribution in [2.24, 2.45) is 0 Å². The van der Waals surface area contributed by atoms with Gasteiger partial charge in [-0.15, -0.1) is 10.2 Å². The predicted octanol–water partition coefficient (Wildman–Crippen LogP) is 2.20. The maximum Gasteiger partial charge on any atom is 0.273 e. The highest BCUT2D eigenvalue weighted by molar-refractivity contribution is 5.91. The lowest BCUT2D eigenvalue weighted by Crippen LogP contribution is -2.24. The summed E-state index contributed by atoms with van der Waals surface area (Å²) in [6.07, 6.45) is 1.82. The molecular weight excluding hydrogens is 316 g/mol. The number of nitrogens with one attached hydrogen (secondary N) is 1. The molecule has 0 aliphatic heterocycles. The van der Waals surface area contributed by atoms with E-state index >= 15 is 0 Å². The van der Waals surface area contributed by atoms with E-state index in [9.17, 15) is 4.79 Å². The Kier molecular flexibility index (Phi) is 4.74. The highest BCUT2D eigenvalue weighted by Crippen LogP contribution is 2.22. The van der Waals surface area contributed by atoms with Gasteiger partial charge < -0.3 is 9.80 Å². The highest BCUT2D eigenvalue weighted by Gasteiger charge is 2.14. The zero-order chi connectivity index (χ0) is 17.8. The van der Waals surface area contributed by atoms with Gasteiger partial charge in [0.05, 0.1) is 11.9 Å². The fourth-order valence-corrected chi connectivity index (χ4v) is 2.49. The van der Waals surface area contributed by atoms with Gasteiger partial charge in [0.25, 0.3) is 5.91 Å². The van der Waals surface area contributed by atoms with Crippen LogP contribution < -0.4 is 4.90 Å². The van der Waals surface area contributed by atoms with Gasteiger partial charge in [0.2, 0.25) is 0 Å². The van der Waals surface area contributed by atoms with Crippen molar-refractivity contribution < 1.29 is 4.79 Å². The summed E-state index contributed by atoms with van der Waals surface area (Å²) in [7, 11) is 5.31. The third-order valence-electron chi connectivity index (χ3n) is 3.85. The quantitative estimate of drug-likeness (QED) is 0.773. The van der Waals surface area contributed by atoms with Crippen LogP contribution in [-0.2, 0) is 6.54 Å². The number of aromatic amines is 1. The molecule has 3 rings (SSSR count). The first-order valence-corrected chi connectivity index (χ1v) is 7.90. The second-order valence-electron chi connectivity index (χ2n) is 5.97. The number of amides is 1. The zero-order valence-corrected chi connectivity index (χ0v) is 14.5. The molecule has 25 heavy (non-hydrogen) atoms. The Hall–Kier alpha value is -3.22. The van der Waals surface area contributed by atoms with Gasteiger partial charge in [-0.25, -0.2) is 0 Å². The number of benzene rings is 1. The highest BCUT2D eigenvalue weighted by atomic mass is 16.2. The summed E-state index contributed by atoms with van der Waals surface area (Å²) in [6, 6.07) is 13.5. The molecule has 0 saturated heterocycles. The molecule has 0 fully saturated rings. The first-order valence-electron chi connectivity index (χ1n) is 7.90. The minimum absolute atomic E-state index is 0.164. The molecule has 0 radical (unpaired) electrons. The fraction of sp³-hybridized carbons (Fsp3) is 0.222. The standard InChI is InChI=1S/C18H20N6O/c1-23(2)18(25)15-9-10-16(21-20-15)24(3)12-14-11-19-22-17(14)13-7-5-4-6-8-13/h4-11H,12H2,1-3H3,(H,19,22). The van der Waals surface area contributed by atoms with Crippen LogP contribution in [0.1, 0.15) is 16.1 Å². The summed E-state index contributed by atoms with van der Waals surface area (Å²) in [5.74, 6) is 0.526. The third kappa shape index (κ3) is 3.65. The summed E-state index contributed by atoms with van der Waals surface area (Å²) in [6.45, 7) is 0.621. The van der Waals surface area contributed by atoms with Crippen molar-refractivity contribution in [3.8, 4) is 11.3 Å². The molecule has 0 unspecified atom stereocenters. The van der Waals surface area contributed by atoms with Crippen molar-refractivity contribution in [2.45, 2.75) is 6.54 Å². The van der Waals surface area contributed by atoms with E-state index in [4.69, 9.17) is 0 Å². The molecule has 2 heterocycles. The minimum Gasteiger partial charge on any atom is -0.354 e. The normalized spacial score (nSPS) is 10.5. The van der Waals surface area contributed by atoms with Gasteiger partial charge in [0.15, 0.2) is 11.5 Å². The SMILES string of the molecule is CN(C)C(=O)c1ccc(N(C)Cc2cn[nH]c2-c2ccccc2)nn1. The van der Waals surface area contributed by atoms with Crippen molar-refractivity contribution in [1.29, 1.82) is 0 Å². The van der Waals surface area contributed by atoms with E-state index in [1.54, 1.807) is 26.2 Å². The summed E-state index contributed by atoms with van der Waals surface area (Å²) >= 11 is 0. The van der Waals surface area contributed by atoms with E-state index in [1.807, 2.05) is 48.5 Å². The second-order valence-corrected chi connectivity index (χ2v) is 5.97. The van der Waals surface area contributed by atoms with Gasteiger partial charge in [-0.3, -0.25) is 9.89 Å². The lowest BCUT2D eigenvalue weighted by molar-refractivity contribution is 0.0821. The van der Waals surface area contributed by atoms with Crippen molar-refractivity contribution in [2.75, 3.05) is 26.0 Å². The number of hydrogen-bond acceptors (Lipinski definition) is 5. The van der Waals surface area contributed by atoms with Gasteiger partial charge >= 0.3 is 0 Å². The molecule has 0 aliphatic carbocycles. The first kappa shape index (κ1) is 16.6. The van der Waals surface area contributed by atoms with Gasteiger partial charge in [-0.2, -0.15) is 5.10 Å². The Morgan fingerprint density at radius 1 is 1.04 bits per heavy atom. The molecule has 0 atom stereocenters. The molecule has 128 valence electrons. The van der Waals surface area contributed by atoms with Crippen LogP contribution in [0.25, 0.3) is 11.3 Å². The molecule has 0 saturated carbocycles. The Morgan fingerprint density at radius 2 is 1.80 bits per heavy atom. The molecule has 7 nitrogen and oxygen atoms in total. The lowest BCUT2D eigenvalue weighted by Gasteiger charge is -2.18. The van der Waals surface area contributed by atoms with Crippen LogP contribution in [0.15, 0.2) is 48.7 Å². The molecule has 1 aromatic carbocycles. The number of anilines is 1. The van der Waals surface area contributed by atoms with Crippen LogP contribution in [0.4, 0.5) is 5.82 Å². The van der Waals surface area contributed by atoms with Gasteiger partial charge in [-0.05, 0) is 17.7 Å². The van der Waals surface area contributed by atoms with Crippen LogP contribution >= 0.6 is 0 Å². The molecule has 1 N–H and O–H groups in total. The molecular formula is C18H20N6O. The van der Waals surface area contributed by atoms with Crippen molar-refractivity contribution in [1.82, 2.24) is 25.3 Å². The van der Waals surface area contributed by atoms with E-state index in [0.717, 1.165) is 16.8 Å². The number of nitrogens with zero attached hydrogens (tertiary/aromatic N) is 5. The zero-order valence-electron chi connectivity index (χ0n) is 14.5.